The molecule has 1 aromatic heterocycles. The summed E-state index contributed by atoms with van der Waals surface area (Å²) in [5, 5.41) is 8.65. The molecule has 0 saturated heterocycles. The average molecular weight is 446 g/mol. The number of hydrogen-bond donors (Lipinski definition) is 2. The van der Waals surface area contributed by atoms with E-state index in [4.69, 9.17) is 9.47 Å². The molecule has 8 heteroatoms. The maximum atomic E-state index is 12.8. The molecule has 1 heterocycles. The Morgan fingerprint density at radius 2 is 1.84 bits per heavy atom. The Labute approximate surface area is 187 Å². The number of para-hydroxylation sites is 2. The zero-order chi connectivity index (χ0) is 22.1. The summed E-state index contributed by atoms with van der Waals surface area (Å²) in [6, 6.07) is 7.33. The number of ether oxygens (including phenoxy) is 2. The van der Waals surface area contributed by atoms with Crippen molar-refractivity contribution < 1.29 is 19.1 Å². The predicted molar refractivity (Wildman–Crippen MR) is 121 cm³/mol. The zero-order valence-electron chi connectivity index (χ0n) is 18.2. The first-order valence-corrected chi connectivity index (χ1v) is 11.8. The van der Waals surface area contributed by atoms with Gasteiger partial charge in [-0.15, -0.1) is 11.3 Å². The van der Waals surface area contributed by atoms with Crippen molar-refractivity contribution in [2.24, 2.45) is 0 Å². The molecule has 1 fully saturated rings. The summed E-state index contributed by atoms with van der Waals surface area (Å²) in [5.74, 6) is 1.15. The van der Waals surface area contributed by atoms with Gasteiger partial charge in [-0.05, 0) is 31.4 Å². The van der Waals surface area contributed by atoms with E-state index >= 15 is 0 Å². The number of nitrogens with zero attached hydrogens (tertiary/aromatic N) is 1. The highest BCUT2D eigenvalue weighted by Gasteiger charge is 2.28. The van der Waals surface area contributed by atoms with Crippen LogP contribution in [0.15, 0.2) is 29.6 Å². The lowest BCUT2D eigenvalue weighted by Gasteiger charge is -2.32. The number of thiazole rings is 1. The van der Waals surface area contributed by atoms with Crippen molar-refractivity contribution in [2.45, 2.75) is 70.6 Å². The van der Waals surface area contributed by atoms with Crippen LogP contribution in [0.25, 0.3) is 0 Å². The van der Waals surface area contributed by atoms with Crippen LogP contribution in [0.5, 0.6) is 11.5 Å². The molecule has 2 N–H and O–H groups in total. The van der Waals surface area contributed by atoms with Gasteiger partial charge in [0.1, 0.15) is 17.3 Å². The number of benzene rings is 1. The maximum absolute atomic E-state index is 12.8. The standard InChI is InChI=1S/C23H31N3O4S/c1-3-4-13-21(27)24-16-9-5-6-10-17(16)26-23(28)18-15-31-22(25-18)14-30-20-12-8-7-11-19(20)29-2/h7-8,11-12,15-17H,3-6,9-10,13-14H2,1-2H3,(H,24,27)(H,26,28)/t16-,17-/m1/s1. The van der Waals surface area contributed by atoms with Gasteiger partial charge in [0.25, 0.3) is 5.91 Å². The molecule has 2 amide bonds. The second-order valence-electron chi connectivity index (χ2n) is 7.71. The van der Waals surface area contributed by atoms with E-state index in [-0.39, 0.29) is 30.5 Å². The molecular formula is C23H31N3O4S. The van der Waals surface area contributed by atoms with Crippen LogP contribution in [-0.2, 0) is 11.4 Å². The number of methoxy groups -OCH3 is 1. The molecule has 1 aliphatic rings. The maximum Gasteiger partial charge on any atom is 0.271 e. The monoisotopic (exact) mass is 445 g/mol. The smallest absolute Gasteiger partial charge is 0.271 e. The summed E-state index contributed by atoms with van der Waals surface area (Å²) in [5.41, 5.74) is 0.380. The van der Waals surface area contributed by atoms with Crippen molar-refractivity contribution in [3.8, 4) is 11.5 Å². The van der Waals surface area contributed by atoms with Crippen LogP contribution in [0.4, 0.5) is 0 Å². The molecule has 0 aliphatic heterocycles. The van der Waals surface area contributed by atoms with Crippen molar-refractivity contribution in [2.75, 3.05) is 7.11 Å². The van der Waals surface area contributed by atoms with E-state index in [2.05, 4.69) is 22.5 Å². The van der Waals surface area contributed by atoms with Crippen molar-refractivity contribution in [3.63, 3.8) is 0 Å². The fourth-order valence-corrected chi connectivity index (χ4v) is 4.38. The highest BCUT2D eigenvalue weighted by molar-refractivity contribution is 7.09. The molecule has 1 aliphatic carbocycles. The van der Waals surface area contributed by atoms with Gasteiger partial charge in [-0.1, -0.05) is 38.3 Å². The van der Waals surface area contributed by atoms with Crippen molar-refractivity contribution in [1.82, 2.24) is 15.6 Å². The van der Waals surface area contributed by atoms with Crippen LogP contribution in [0, 0.1) is 0 Å². The fraction of sp³-hybridized carbons (Fsp3) is 0.522. The normalized spacial score (nSPS) is 18.3. The SMILES string of the molecule is CCCCC(=O)N[C@@H]1CCCC[C@H]1NC(=O)c1csc(COc2ccccc2OC)n1. The van der Waals surface area contributed by atoms with E-state index in [1.54, 1.807) is 12.5 Å². The number of carbonyl (C=O) groups excluding carboxylic acids is 2. The summed E-state index contributed by atoms with van der Waals surface area (Å²) in [4.78, 5) is 29.3. The number of hydrogen-bond acceptors (Lipinski definition) is 6. The lowest BCUT2D eigenvalue weighted by atomic mass is 9.90. The summed E-state index contributed by atoms with van der Waals surface area (Å²) >= 11 is 1.39. The van der Waals surface area contributed by atoms with Gasteiger partial charge in [-0.2, -0.15) is 0 Å². The molecule has 31 heavy (non-hydrogen) atoms. The zero-order valence-corrected chi connectivity index (χ0v) is 19.0. The molecule has 0 bridgehead atoms. The second-order valence-corrected chi connectivity index (χ2v) is 8.65. The highest BCUT2D eigenvalue weighted by atomic mass is 32.1. The first kappa shape index (κ1) is 23.1. The molecule has 3 rings (SSSR count). The minimum absolute atomic E-state index is 0.0194. The Morgan fingerprint density at radius 1 is 1.13 bits per heavy atom. The van der Waals surface area contributed by atoms with Crippen LogP contribution in [0.2, 0.25) is 0 Å². The van der Waals surface area contributed by atoms with Gasteiger partial charge in [0.15, 0.2) is 11.5 Å². The van der Waals surface area contributed by atoms with Gasteiger partial charge >= 0.3 is 0 Å². The van der Waals surface area contributed by atoms with Gasteiger partial charge in [0, 0.05) is 23.9 Å². The Balaban J connectivity index is 1.55. The Morgan fingerprint density at radius 3 is 2.55 bits per heavy atom. The summed E-state index contributed by atoms with van der Waals surface area (Å²) < 4.78 is 11.1. The topological polar surface area (TPSA) is 89.6 Å². The number of amides is 2. The highest BCUT2D eigenvalue weighted by Crippen LogP contribution is 2.27. The molecule has 1 aromatic carbocycles. The lowest BCUT2D eigenvalue weighted by molar-refractivity contribution is -0.122. The first-order chi connectivity index (χ1) is 15.1. The van der Waals surface area contributed by atoms with Gasteiger partial charge in [-0.25, -0.2) is 4.98 Å². The second kappa shape index (κ2) is 11.7. The minimum Gasteiger partial charge on any atom is -0.493 e. The third-order valence-corrected chi connectivity index (χ3v) is 6.21. The van der Waals surface area contributed by atoms with Gasteiger partial charge in [0.2, 0.25) is 5.91 Å². The van der Waals surface area contributed by atoms with Crippen molar-refractivity contribution >= 4 is 23.2 Å². The number of nitrogens with one attached hydrogen (secondary N) is 2. The van der Waals surface area contributed by atoms with Crippen LogP contribution in [0.1, 0.15) is 67.4 Å². The summed E-state index contributed by atoms with van der Waals surface area (Å²) in [7, 11) is 1.60. The largest absolute Gasteiger partial charge is 0.493 e. The summed E-state index contributed by atoms with van der Waals surface area (Å²) in [6.07, 6.45) is 6.26. The lowest BCUT2D eigenvalue weighted by Crippen LogP contribution is -2.53. The van der Waals surface area contributed by atoms with Crippen LogP contribution in [-0.4, -0.2) is 36.0 Å². The number of aromatic nitrogens is 1. The van der Waals surface area contributed by atoms with Crippen LogP contribution < -0.4 is 20.1 Å². The molecule has 0 unspecified atom stereocenters. The third-order valence-electron chi connectivity index (χ3n) is 5.39. The molecule has 168 valence electrons. The first-order valence-electron chi connectivity index (χ1n) is 10.9. The van der Waals surface area contributed by atoms with Crippen molar-refractivity contribution in [1.29, 1.82) is 0 Å². The Bertz CT molecular complexity index is 870. The quantitative estimate of drug-likeness (QED) is 0.575. The fourth-order valence-electron chi connectivity index (χ4n) is 3.69. The van der Waals surface area contributed by atoms with Gasteiger partial charge in [-0.3, -0.25) is 9.59 Å². The van der Waals surface area contributed by atoms with E-state index in [0.717, 1.165) is 38.5 Å². The van der Waals surface area contributed by atoms with E-state index in [1.807, 2.05) is 24.3 Å². The molecule has 0 spiro atoms. The van der Waals surface area contributed by atoms with E-state index in [9.17, 15) is 9.59 Å². The van der Waals surface area contributed by atoms with E-state index in [1.165, 1.54) is 11.3 Å². The molecular weight excluding hydrogens is 414 g/mol. The summed E-state index contributed by atoms with van der Waals surface area (Å²) in [6.45, 7) is 2.33. The van der Waals surface area contributed by atoms with E-state index < -0.39 is 0 Å². The molecule has 7 nitrogen and oxygen atoms in total. The van der Waals surface area contributed by atoms with Gasteiger partial charge < -0.3 is 20.1 Å². The Kier molecular flexibility index (Phi) is 8.70. The third kappa shape index (κ3) is 6.69. The molecule has 1 saturated carbocycles. The van der Waals surface area contributed by atoms with Gasteiger partial charge in [0.05, 0.1) is 7.11 Å². The number of unbranched alkanes of at least 4 members (excludes halogenated alkanes) is 1. The average Bonchev–Trinajstić information content (AvgIpc) is 3.27. The Hall–Kier alpha value is -2.61. The molecule has 2 aromatic rings. The minimum atomic E-state index is -0.209. The predicted octanol–water partition coefficient (Wildman–Crippen LogP) is 4.08. The van der Waals surface area contributed by atoms with Crippen LogP contribution in [0.3, 0.4) is 0 Å². The molecule has 2 atom stereocenters. The van der Waals surface area contributed by atoms with Crippen molar-refractivity contribution in [3.05, 3.63) is 40.3 Å². The van der Waals surface area contributed by atoms with E-state index in [0.29, 0.717) is 28.6 Å². The number of carbonyl (C=O) groups is 2. The van der Waals surface area contributed by atoms with Crippen LogP contribution >= 0.6 is 11.3 Å². The number of rotatable bonds is 10. The molecule has 0 radical (unpaired) electrons.